The Labute approximate surface area is 122 Å². The van der Waals surface area contributed by atoms with Crippen molar-refractivity contribution in [3.8, 4) is 0 Å². The zero-order valence-electron chi connectivity index (χ0n) is 11.1. The van der Waals surface area contributed by atoms with Gasteiger partial charge in [-0.1, -0.05) is 6.07 Å². The Morgan fingerprint density at radius 1 is 1.48 bits per heavy atom. The van der Waals surface area contributed by atoms with Crippen LogP contribution in [0, 0.1) is 5.41 Å². The van der Waals surface area contributed by atoms with Gasteiger partial charge in [0.1, 0.15) is 6.04 Å². The molecule has 1 rings (SSSR count). The maximum absolute atomic E-state index is 12.0. The van der Waals surface area contributed by atoms with Crippen LogP contribution in [0.25, 0.3) is 0 Å². The summed E-state index contributed by atoms with van der Waals surface area (Å²) >= 11 is 0. The predicted octanol–water partition coefficient (Wildman–Crippen LogP) is -0.924. The average molecular weight is 315 g/mol. The number of hydrogen-bond acceptors (Lipinski definition) is 5. The summed E-state index contributed by atoms with van der Waals surface area (Å²) in [6, 6.07) is 3.05. The zero-order chi connectivity index (χ0) is 15.9. The van der Waals surface area contributed by atoms with Crippen LogP contribution in [-0.2, 0) is 14.8 Å². The smallest absolute Gasteiger partial charge is 0.321 e. The highest BCUT2D eigenvalue weighted by atomic mass is 32.2. The first-order valence-corrected chi connectivity index (χ1v) is 7.55. The van der Waals surface area contributed by atoms with E-state index >= 15 is 0 Å². The molecule has 10 heteroatoms. The minimum atomic E-state index is -3.99. The van der Waals surface area contributed by atoms with Crippen LogP contribution < -0.4 is 15.8 Å². The monoisotopic (exact) mass is 315 g/mol. The standard InChI is InChI=1S/C11H17N5O4S/c12-11(13)15-7-3-4-8(10(17)18)16-21(19,20)9-5-1-2-6-14-9/h1-2,5-6,8,16H,3-4,7H2,(H,17,18)(H4,12,13,15). The van der Waals surface area contributed by atoms with Crippen LogP contribution in [0.4, 0.5) is 0 Å². The summed E-state index contributed by atoms with van der Waals surface area (Å²) < 4.78 is 26.1. The molecule has 0 aromatic carbocycles. The van der Waals surface area contributed by atoms with Crippen LogP contribution in [0.1, 0.15) is 12.8 Å². The number of sulfonamides is 1. The predicted molar refractivity (Wildman–Crippen MR) is 75.1 cm³/mol. The quantitative estimate of drug-likeness (QED) is 0.235. The third-order valence-electron chi connectivity index (χ3n) is 2.49. The van der Waals surface area contributed by atoms with E-state index in [1.54, 1.807) is 6.07 Å². The Bertz CT molecular complexity index is 590. The van der Waals surface area contributed by atoms with Gasteiger partial charge in [0.25, 0.3) is 10.0 Å². The van der Waals surface area contributed by atoms with Crippen molar-refractivity contribution in [2.75, 3.05) is 6.54 Å². The minimum Gasteiger partial charge on any atom is -0.480 e. The van der Waals surface area contributed by atoms with Gasteiger partial charge in [-0.2, -0.15) is 4.72 Å². The Morgan fingerprint density at radius 3 is 2.71 bits per heavy atom. The second kappa shape index (κ2) is 7.55. The molecule has 0 radical (unpaired) electrons. The molecular weight excluding hydrogens is 298 g/mol. The van der Waals surface area contributed by atoms with Gasteiger partial charge in [-0.15, -0.1) is 0 Å². The van der Waals surface area contributed by atoms with Crippen LogP contribution in [0.5, 0.6) is 0 Å². The fraction of sp³-hybridized carbons (Fsp3) is 0.364. The summed E-state index contributed by atoms with van der Waals surface area (Å²) in [7, 11) is -3.99. The van der Waals surface area contributed by atoms with Crippen LogP contribution in [-0.4, -0.2) is 43.0 Å². The van der Waals surface area contributed by atoms with Gasteiger partial charge in [0.2, 0.25) is 0 Å². The average Bonchev–Trinajstić information content (AvgIpc) is 2.42. The number of aliphatic carboxylic acids is 1. The van der Waals surface area contributed by atoms with E-state index < -0.39 is 22.0 Å². The van der Waals surface area contributed by atoms with E-state index in [1.807, 2.05) is 0 Å². The molecule has 9 nitrogen and oxygen atoms in total. The Morgan fingerprint density at radius 2 is 2.19 bits per heavy atom. The molecule has 116 valence electrons. The van der Waals surface area contributed by atoms with Crippen molar-refractivity contribution in [1.82, 2.24) is 15.0 Å². The number of carboxylic acids is 1. The molecule has 0 saturated carbocycles. The first kappa shape index (κ1) is 16.9. The lowest BCUT2D eigenvalue weighted by Gasteiger charge is -2.14. The number of guanidine groups is 1. The molecule has 0 fully saturated rings. The molecule has 0 bridgehead atoms. The molecule has 1 aromatic rings. The van der Waals surface area contributed by atoms with E-state index in [2.05, 4.69) is 15.0 Å². The lowest BCUT2D eigenvalue weighted by molar-refractivity contribution is -0.139. The van der Waals surface area contributed by atoms with E-state index in [0.717, 1.165) is 0 Å². The van der Waals surface area contributed by atoms with Crippen molar-refractivity contribution in [3.05, 3.63) is 24.4 Å². The normalized spacial score (nSPS) is 12.6. The first-order valence-electron chi connectivity index (χ1n) is 6.07. The summed E-state index contributed by atoms with van der Waals surface area (Å²) in [6.07, 6.45) is 1.70. The van der Waals surface area contributed by atoms with Gasteiger partial charge in [-0.3, -0.25) is 10.2 Å². The van der Waals surface area contributed by atoms with Crippen molar-refractivity contribution in [2.45, 2.75) is 23.9 Å². The van der Waals surface area contributed by atoms with Crippen molar-refractivity contribution < 1.29 is 18.3 Å². The number of nitrogens with one attached hydrogen (secondary N) is 3. The first-order chi connectivity index (χ1) is 9.83. The number of aromatic nitrogens is 1. The molecule has 0 aliphatic carbocycles. The van der Waals surface area contributed by atoms with Gasteiger partial charge in [-0.25, -0.2) is 13.4 Å². The number of nitrogens with two attached hydrogens (primary N) is 1. The minimum absolute atomic E-state index is 0.0572. The number of carbonyl (C=O) groups is 1. The maximum Gasteiger partial charge on any atom is 0.321 e. The van der Waals surface area contributed by atoms with Gasteiger partial charge >= 0.3 is 5.97 Å². The van der Waals surface area contributed by atoms with E-state index in [-0.39, 0.29) is 24.0 Å². The summed E-state index contributed by atoms with van der Waals surface area (Å²) in [5.74, 6) is -1.51. The van der Waals surface area contributed by atoms with Crippen molar-refractivity contribution in [2.24, 2.45) is 5.73 Å². The molecule has 0 aliphatic heterocycles. The molecule has 21 heavy (non-hydrogen) atoms. The van der Waals surface area contributed by atoms with Crippen molar-refractivity contribution in [1.29, 1.82) is 5.41 Å². The Kier molecular flexibility index (Phi) is 6.06. The van der Waals surface area contributed by atoms with Crippen LogP contribution in [0.3, 0.4) is 0 Å². The highest BCUT2D eigenvalue weighted by molar-refractivity contribution is 7.89. The summed E-state index contributed by atoms with van der Waals surface area (Å²) in [5, 5.41) is 18.3. The van der Waals surface area contributed by atoms with Gasteiger partial charge < -0.3 is 16.2 Å². The van der Waals surface area contributed by atoms with Crippen LogP contribution in [0.15, 0.2) is 29.4 Å². The van der Waals surface area contributed by atoms with E-state index in [9.17, 15) is 13.2 Å². The zero-order valence-corrected chi connectivity index (χ0v) is 11.9. The molecule has 0 aliphatic rings. The molecule has 0 spiro atoms. The SMILES string of the molecule is N=C(N)NCCCC(NS(=O)(=O)c1ccccn1)C(=O)O. The third-order valence-corrected chi connectivity index (χ3v) is 3.88. The van der Waals surface area contributed by atoms with Gasteiger partial charge in [-0.05, 0) is 25.0 Å². The molecule has 1 atom stereocenters. The van der Waals surface area contributed by atoms with E-state index in [0.29, 0.717) is 6.42 Å². The largest absolute Gasteiger partial charge is 0.480 e. The number of carboxylic acid groups (broad SMARTS) is 1. The summed E-state index contributed by atoms with van der Waals surface area (Å²) in [5.41, 5.74) is 5.08. The lowest BCUT2D eigenvalue weighted by Crippen LogP contribution is -2.41. The maximum atomic E-state index is 12.0. The van der Waals surface area contributed by atoms with Gasteiger partial charge in [0.05, 0.1) is 0 Å². The molecule has 1 heterocycles. The lowest BCUT2D eigenvalue weighted by atomic mass is 10.2. The molecule has 0 amide bonds. The van der Waals surface area contributed by atoms with Gasteiger partial charge in [0, 0.05) is 12.7 Å². The molecule has 6 N–H and O–H groups in total. The second-order valence-corrected chi connectivity index (χ2v) is 5.82. The topological polar surface area (TPSA) is 158 Å². The fourth-order valence-corrected chi connectivity index (χ4v) is 2.69. The number of rotatable bonds is 8. The highest BCUT2D eigenvalue weighted by Gasteiger charge is 2.25. The van der Waals surface area contributed by atoms with Crippen LogP contribution >= 0.6 is 0 Å². The highest BCUT2D eigenvalue weighted by Crippen LogP contribution is 2.07. The second-order valence-electron chi connectivity index (χ2n) is 4.16. The fourth-order valence-electron chi connectivity index (χ4n) is 1.52. The molecule has 1 aromatic heterocycles. The molecular formula is C11H17N5O4S. The number of nitrogens with zero attached hydrogens (tertiary/aromatic N) is 1. The van der Waals surface area contributed by atoms with Crippen molar-refractivity contribution in [3.63, 3.8) is 0 Å². The van der Waals surface area contributed by atoms with Crippen molar-refractivity contribution >= 4 is 22.0 Å². The number of hydrogen-bond donors (Lipinski definition) is 5. The summed E-state index contributed by atoms with van der Waals surface area (Å²) in [6.45, 7) is 0.282. The Balaban J connectivity index is 2.66. The van der Waals surface area contributed by atoms with Crippen LogP contribution in [0.2, 0.25) is 0 Å². The third kappa shape index (κ3) is 5.75. The molecule has 0 saturated heterocycles. The number of pyridine rings is 1. The van der Waals surface area contributed by atoms with E-state index in [1.165, 1.54) is 18.3 Å². The van der Waals surface area contributed by atoms with Gasteiger partial charge in [0.15, 0.2) is 11.0 Å². The Hall–Kier alpha value is -2.20. The van der Waals surface area contributed by atoms with E-state index in [4.69, 9.17) is 16.2 Å². The molecule has 1 unspecified atom stereocenters. The summed E-state index contributed by atoms with van der Waals surface area (Å²) in [4.78, 5) is 14.8.